The van der Waals surface area contributed by atoms with Gasteiger partial charge in [-0.25, -0.2) is 0 Å². The Balaban J connectivity index is 2.30. The molecular formula is C15H21OP. The van der Waals surface area contributed by atoms with Crippen molar-refractivity contribution in [1.29, 1.82) is 0 Å². The minimum atomic E-state index is -1.53. The van der Waals surface area contributed by atoms with Gasteiger partial charge in [-0.15, -0.1) is 0 Å². The van der Waals surface area contributed by atoms with Gasteiger partial charge in [-0.3, -0.25) is 0 Å². The fraction of sp³-hybridized carbons (Fsp3) is 0.333. The van der Waals surface area contributed by atoms with Crippen LogP contribution in [0.2, 0.25) is 0 Å². The molecular weight excluding hydrogens is 227 g/mol. The predicted octanol–water partition coefficient (Wildman–Crippen LogP) is 2.83. The van der Waals surface area contributed by atoms with Crippen LogP contribution in [0.1, 0.15) is 0 Å². The van der Waals surface area contributed by atoms with Crippen molar-refractivity contribution >= 4 is 12.6 Å². The molecule has 0 aliphatic carbocycles. The van der Waals surface area contributed by atoms with E-state index in [-0.39, 0.29) is 0 Å². The third-order valence-electron chi connectivity index (χ3n) is 3.48. The van der Waals surface area contributed by atoms with Gasteiger partial charge < -0.3 is 0 Å². The Hall–Kier alpha value is -0.910. The van der Waals surface area contributed by atoms with Crippen molar-refractivity contribution in [3.63, 3.8) is 0 Å². The number of allylic oxidation sites excluding steroid dienone is 2. The Bertz CT molecular complexity index is 371. The summed E-state index contributed by atoms with van der Waals surface area (Å²) in [6.45, 7) is 8.82. The topological polar surface area (TPSA) is 12.5 Å². The maximum absolute atomic E-state index is 5.44. The molecule has 1 saturated heterocycles. The Morgan fingerprint density at radius 2 is 1.76 bits per heavy atom. The van der Waals surface area contributed by atoms with E-state index in [2.05, 4.69) is 55.6 Å². The summed E-state index contributed by atoms with van der Waals surface area (Å²) in [7, 11) is -1.53. The second-order valence-electron chi connectivity index (χ2n) is 4.79. The molecule has 1 fully saturated rings. The quantitative estimate of drug-likeness (QED) is 0.410. The second kappa shape index (κ2) is 5.62. The molecule has 1 nitrogen and oxygen atoms in total. The van der Waals surface area contributed by atoms with Crippen LogP contribution in [0, 0.1) is 0 Å². The Morgan fingerprint density at radius 3 is 2.24 bits per heavy atom. The van der Waals surface area contributed by atoms with Gasteiger partial charge >= 0.3 is 104 Å². The summed E-state index contributed by atoms with van der Waals surface area (Å²) in [4.78, 5) is 0. The normalized spacial score (nSPS) is 19.6. The number of hydrogen-bond acceptors (Lipinski definition) is 1. The summed E-state index contributed by atoms with van der Waals surface area (Å²) < 4.78 is 5.44. The molecule has 1 aromatic carbocycles. The van der Waals surface area contributed by atoms with Crippen molar-refractivity contribution in [3.05, 3.63) is 55.6 Å². The minimum absolute atomic E-state index is 0.488. The third-order valence-corrected chi connectivity index (χ3v) is 8.41. The molecule has 1 unspecified atom stereocenters. The number of epoxide rings is 1. The number of benzene rings is 1. The molecule has 0 amide bonds. The summed E-state index contributed by atoms with van der Waals surface area (Å²) in [5.74, 6) is 0. The van der Waals surface area contributed by atoms with Crippen molar-refractivity contribution in [2.24, 2.45) is 0 Å². The zero-order chi connectivity index (χ0) is 12.1. The molecule has 1 aromatic rings. The Kier molecular flexibility index (Phi) is 4.15. The van der Waals surface area contributed by atoms with E-state index >= 15 is 0 Å². The van der Waals surface area contributed by atoms with Crippen molar-refractivity contribution in [3.8, 4) is 0 Å². The predicted molar refractivity (Wildman–Crippen MR) is 79.1 cm³/mol. The van der Waals surface area contributed by atoms with Crippen LogP contribution in [0.5, 0.6) is 0 Å². The zero-order valence-corrected chi connectivity index (χ0v) is 11.3. The second-order valence-corrected chi connectivity index (χ2v) is 9.15. The van der Waals surface area contributed by atoms with E-state index in [1.165, 1.54) is 11.5 Å². The summed E-state index contributed by atoms with van der Waals surface area (Å²) in [6, 6.07) is 10.9. The van der Waals surface area contributed by atoms with Gasteiger partial charge in [0.25, 0.3) is 0 Å². The Morgan fingerprint density at radius 1 is 1.18 bits per heavy atom. The molecule has 0 spiro atoms. The van der Waals surface area contributed by atoms with Crippen LogP contribution in [0.15, 0.2) is 55.6 Å². The van der Waals surface area contributed by atoms with E-state index in [9.17, 15) is 0 Å². The Labute approximate surface area is 105 Å². The molecule has 0 radical (unpaired) electrons. The van der Waals surface area contributed by atoms with E-state index in [0.717, 1.165) is 18.9 Å². The van der Waals surface area contributed by atoms with Gasteiger partial charge in [0.1, 0.15) is 0 Å². The monoisotopic (exact) mass is 248 g/mol. The SMILES string of the molecule is C=CC[PH](CC=C)(CC1CO1)c1ccccc1. The molecule has 0 N–H and O–H groups in total. The average Bonchev–Trinajstić information content (AvgIpc) is 3.15. The molecule has 1 aliphatic rings. The van der Waals surface area contributed by atoms with Crippen molar-refractivity contribution < 1.29 is 4.74 Å². The first-order valence-corrected chi connectivity index (χ1v) is 8.82. The van der Waals surface area contributed by atoms with Gasteiger partial charge in [0.2, 0.25) is 0 Å². The molecule has 0 aromatic heterocycles. The molecule has 0 saturated carbocycles. The van der Waals surface area contributed by atoms with Crippen molar-refractivity contribution in [2.75, 3.05) is 25.1 Å². The van der Waals surface area contributed by atoms with Gasteiger partial charge in [-0.2, -0.15) is 0 Å². The third kappa shape index (κ3) is 3.06. The molecule has 2 rings (SSSR count). The first-order chi connectivity index (χ1) is 8.30. The average molecular weight is 248 g/mol. The zero-order valence-electron chi connectivity index (χ0n) is 10.3. The van der Waals surface area contributed by atoms with Crippen molar-refractivity contribution in [1.82, 2.24) is 0 Å². The fourth-order valence-corrected chi connectivity index (χ4v) is 6.89. The molecule has 2 heteroatoms. The van der Waals surface area contributed by atoms with Crippen LogP contribution in [-0.4, -0.2) is 31.2 Å². The van der Waals surface area contributed by atoms with E-state index in [1.54, 1.807) is 0 Å². The first kappa shape index (κ1) is 12.5. The fourth-order valence-electron chi connectivity index (χ4n) is 2.57. The van der Waals surface area contributed by atoms with Crippen LogP contribution < -0.4 is 5.30 Å². The van der Waals surface area contributed by atoms with Crippen LogP contribution in [0.3, 0.4) is 0 Å². The number of hydrogen-bond donors (Lipinski definition) is 0. The molecule has 1 aliphatic heterocycles. The first-order valence-electron chi connectivity index (χ1n) is 6.20. The molecule has 1 heterocycles. The summed E-state index contributed by atoms with van der Waals surface area (Å²) in [5, 5.41) is 1.51. The summed E-state index contributed by atoms with van der Waals surface area (Å²) in [5.41, 5.74) is 0. The van der Waals surface area contributed by atoms with Gasteiger partial charge in [0.05, 0.1) is 0 Å². The van der Waals surface area contributed by atoms with Gasteiger partial charge in [0, 0.05) is 0 Å². The maximum atomic E-state index is 5.44. The van der Waals surface area contributed by atoms with E-state index < -0.39 is 7.26 Å². The summed E-state index contributed by atoms with van der Waals surface area (Å²) in [6.07, 6.45) is 8.07. The van der Waals surface area contributed by atoms with E-state index in [1.807, 2.05) is 0 Å². The van der Waals surface area contributed by atoms with Crippen LogP contribution in [0.25, 0.3) is 0 Å². The van der Waals surface area contributed by atoms with Crippen LogP contribution >= 0.6 is 7.26 Å². The number of rotatable bonds is 7. The molecule has 17 heavy (non-hydrogen) atoms. The number of ether oxygens (including phenoxy) is 1. The van der Waals surface area contributed by atoms with Gasteiger partial charge in [0.15, 0.2) is 0 Å². The van der Waals surface area contributed by atoms with E-state index in [4.69, 9.17) is 4.74 Å². The van der Waals surface area contributed by atoms with Gasteiger partial charge in [-0.05, 0) is 0 Å². The van der Waals surface area contributed by atoms with E-state index in [0.29, 0.717) is 6.10 Å². The molecule has 92 valence electrons. The van der Waals surface area contributed by atoms with Gasteiger partial charge in [-0.1, -0.05) is 0 Å². The van der Waals surface area contributed by atoms with Crippen LogP contribution in [-0.2, 0) is 4.74 Å². The standard InChI is InChI=1S/C15H21OP/c1-3-10-17(11-4-2,13-14-12-16-14)15-8-6-5-7-9-15/h3-9,14,17H,1-2,10-13H2. The van der Waals surface area contributed by atoms with Crippen LogP contribution in [0.4, 0.5) is 0 Å². The molecule has 1 atom stereocenters. The summed E-state index contributed by atoms with van der Waals surface area (Å²) >= 11 is 0. The molecule has 0 bridgehead atoms. The van der Waals surface area contributed by atoms with Crippen molar-refractivity contribution in [2.45, 2.75) is 6.10 Å².